The van der Waals surface area contributed by atoms with Gasteiger partial charge in [-0.15, -0.1) is 0 Å². The summed E-state index contributed by atoms with van der Waals surface area (Å²) >= 11 is 0. The SMILES string of the molecule is CCCCCCCCCCCCC(=O)O[C@H](COC(=O)CCCCCC)CO[C@@H]1O[C@H](CO[C@H]2O[C@H](CO)[C@H](O)[C@H](O)[C@H]2O)[C@H](O)[C@H](O)[C@H]1O. The lowest BCUT2D eigenvalue weighted by Crippen LogP contribution is -2.61. The highest BCUT2D eigenvalue weighted by Crippen LogP contribution is 2.26. The Bertz CT molecular complexity index is 907. The number of hydrogen-bond acceptors (Lipinski definition) is 15. The molecule has 0 unspecified atom stereocenters. The van der Waals surface area contributed by atoms with E-state index in [9.17, 15) is 45.3 Å². The van der Waals surface area contributed by atoms with Gasteiger partial charge in [-0.05, 0) is 12.8 Å². The van der Waals surface area contributed by atoms with E-state index in [0.29, 0.717) is 12.8 Å². The van der Waals surface area contributed by atoms with E-state index in [1.54, 1.807) is 0 Å². The molecule has 294 valence electrons. The van der Waals surface area contributed by atoms with E-state index in [-0.39, 0.29) is 26.1 Å². The second-order valence-corrected chi connectivity index (χ2v) is 13.4. The van der Waals surface area contributed by atoms with Gasteiger partial charge in [-0.1, -0.05) is 90.9 Å². The molecule has 50 heavy (non-hydrogen) atoms. The molecule has 15 heteroatoms. The van der Waals surface area contributed by atoms with Crippen molar-refractivity contribution in [2.75, 3.05) is 26.4 Å². The van der Waals surface area contributed by atoms with Crippen LogP contribution in [-0.2, 0) is 38.0 Å². The maximum atomic E-state index is 12.7. The van der Waals surface area contributed by atoms with E-state index in [1.165, 1.54) is 38.5 Å². The molecule has 0 aliphatic carbocycles. The number of aliphatic hydroxyl groups is 7. The van der Waals surface area contributed by atoms with E-state index in [2.05, 4.69) is 13.8 Å². The van der Waals surface area contributed by atoms with Crippen molar-refractivity contribution in [3.05, 3.63) is 0 Å². The van der Waals surface area contributed by atoms with Gasteiger partial charge >= 0.3 is 11.9 Å². The Morgan fingerprint density at radius 2 is 1.02 bits per heavy atom. The average Bonchev–Trinajstić information content (AvgIpc) is 3.11. The highest BCUT2D eigenvalue weighted by atomic mass is 16.7. The topological polar surface area (TPSA) is 231 Å². The zero-order valence-electron chi connectivity index (χ0n) is 29.9. The fraction of sp³-hybridized carbons (Fsp3) is 0.943. The molecule has 0 aromatic carbocycles. The van der Waals surface area contributed by atoms with Gasteiger partial charge in [-0.25, -0.2) is 0 Å². The second kappa shape index (κ2) is 25.5. The molecule has 2 fully saturated rings. The van der Waals surface area contributed by atoms with Crippen molar-refractivity contribution in [1.82, 2.24) is 0 Å². The van der Waals surface area contributed by atoms with Gasteiger partial charge < -0.3 is 64.2 Å². The van der Waals surface area contributed by atoms with Crippen molar-refractivity contribution < 1.29 is 73.8 Å². The third kappa shape index (κ3) is 16.0. The van der Waals surface area contributed by atoms with Crippen molar-refractivity contribution in [2.24, 2.45) is 0 Å². The van der Waals surface area contributed by atoms with Gasteiger partial charge in [0.2, 0.25) is 0 Å². The van der Waals surface area contributed by atoms with E-state index in [1.807, 2.05) is 0 Å². The van der Waals surface area contributed by atoms with Gasteiger partial charge in [0, 0.05) is 12.8 Å². The minimum Gasteiger partial charge on any atom is -0.462 e. The van der Waals surface area contributed by atoms with Crippen molar-refractivity contribution in [3.8, 4) is 0 Å². The Morgan fingerprint density at radius 1 is 0.560 bits per heavy atom. The molecule has 2 saturated heterocycles. The number of ether oxygens (including phenoxy) is 6. The van der Waals surface area contributed by atoms with Gasteiger partial charge in [0.05, 0.1) is 19.8 Å². The molecule has 7 N–H and O–H groups in total. The molecule has 0 saturated carbocycles. The van der Waals surface area contributed by atoms with Gasteiger partial charge in [0.25, 0.3) is 0 Å². The number of esters is 2. The van der Waals surface area contributed by atoms with Crippen LogP contribution in [0.4, 0.5) is 0 Å². The van der Waals surface area contributed by atoms with E-state index >= 15 is 0 Å². The molecule has 15 nitrogen and oxygen atoms in total. The van der Waals surface area contributed by atoms with Crippen LogP contribution < -0.4 is 0 Å². The van der Waals surface area contributed by atoms with Crippen LogP contribution in [0.5, 0.6) is 0 Å². The summed E-state index contributed by atoms with van der Waals surface area (Å²) in [6.07, 6.45) is -1.76. The molecule has 11 atom stereocenters. The summed E-state index contributed by atoms with van der Waals surface area (Å²) in [4.78, 5) is 25.1. The fourth-order valence-corrected chi connectivity index (χ4v) is 5.86. The van der Waals surface area contributed by atoms with Crippen LogP contribution in [0, 0.1) is 0 Å². The molecule has 2 heterocycles. The summed E-state index contributed by atoms with van der Waals surface area (Å²) in [5, 5.41) is 71.2. The van der Waals surface area contributed by atoms with E-state index < -0.39 is 92.7 Å². The molecular weight excluding hydrogens is 660 g/mol. The first-order valence-corrected chi connectivity index (χ1v) is 18.6. The van der Waals surface area contributed by atoms with Gasteiger partial charge in [0.15, 0.2) is 18.7 Å². The molecule has 0 amide bonds. The number of aliphatic hydroxyl groups excluding tert-OH is 7. The van der Waals surface area contributed by atoms with Crippen LogP contribution in [0.15, 0.2) is 0 Å². The van der Waals surface area contributed by atoms with Crippen LogP contribution in [0.25, 0.3) is 0 Å². The number of carbonyl (C=O) groups is 2. The first-order chi connectivity index (χ1) is 24.0. The highest BCUT2D eigenvalue weighted by Gasteiger charge is 2.47. The molecule has 0 aromatic rings. The Kier molecular flexibility index (Phi) is 22.8. The van der Waals surface area contributed by atoms with Crippen LogP contribution in [0.3, 0.4) is 0 Å². The zero-order chi connectivity index (χ0) is 36.9. The van der Waals surface area contributed by atoms with Crippen molar-refractivity contribution in [2.45, 2.75) is 184 Å². The minimum absolute atomic E-state index is 0.169. The molecule has 0 radical (unpaired) electrons. The summed E-state index contributed by atoms with van der Waals surface area (Å²) in [6, 6.07) is 0. The van der Waals surface area contributed by atoms with E-state index in [0.717, 1.165) is 38.5 Å². The largest absolute Gasteiger partial charge is 0.462 e. The number of carbonyl (C=O) groups excluding carboxylic acids is 2. The monoisotopic (exact) mass is 724 g/mol. The molecule has 0 aromatic heterocycles. The maximum absolute atomic E-state index is 12.7. The first kappa shape index (κ1) is 44.7. The lowest BCUT2D eigenvalue weighted by molar-refractivity contribution is -0.332. The number of unbranched alkanes of at least 4 members (excludes halogenated alkanes) is 12. The molecule has 0 bridgehead atoms. The summed E-state index contributed by atoms with van der Waals surface area (Å²) in [5.74, 6) is -0.946. The summed E-state index contributed by atoms with van der Waals surface area (Å²) in [7, 11) is 0. The third-order valence-electron chi connectivity index (χ3n) is 9.09. The lowest BCUT2D eigenvalue weighted by Gasteiger charge is -2.42. The summed E-state index contributed by atoms with van der Waals surface area (Å²) < 4.78 is 33.0. The maximum Gasteiger partial charge on any atom is 0.306 e. The number of rotatable bonds is 26. The predicted molar refractivity (Wildman–Crippen MR) is 178 cm³/mol. The predicted octanol–water partition coefficient (Wildman–Crippen LogP) is 1.36. The van der Waals surface area contributed by atoms with Crippen LogP contribution in [-0.4, -0.2) is 142 Å². The molecule has 2 aliphatic heterocycles. The molecule has 2 aliphatic rings. The quantitative estimate of drug-likeness (QED) is 0.0493. The normalized spacial score (nSPS) is 30.6. The van der Waals surface area contributed by atoms with Crippen LogP contribution in [0.2, 0.25) is 0 Å². The number of hydrogen-bond donors (Lipinski definition) is 7. The Balaban J connectivity index is 1.91. The zero-order valence-corrected chi connectivity index (χ0v) is 29.9. The molecular formula is C35H64O15. The fourth-order valence-electron chi connectivity index (χ4n) is 5.86. The Hall–Kier alpha value is -1.50. The van der Waals surface area contributed by atoms with Crippen molar-refractivity contribution >= 4 is 11.9 Å². The van der Waals surface area contributed by atoms with Gasteiger partial charge in [0.1, 0.15) is 55.4 Å². The minimum atomic E-state index is -1.75. The lowest BCUT2D eigenvalue weighted by atomic mass is 9.98. The molecule has 2 rings (SSSR count). The van der Waals surface area contributed by atoms with Crippen LogP contribution in [0.1, 0.15) is 117 Å². The third-order valence-corrected chi connectivity index (χ3v) is 9.09. The second-order valence-electron chi connectivity index (χ2n) is 13.4. The first-order valence-electron chi connectivity index (χ1n) is 18.6. The summed E-state index contributed by atoms with van der Waals surface area (Å²) in [6.45, 7) is 2.39. The standard InChI is InChI=1S/C35H64O15/c1-3-5-7-9-10-11-12-13-14-16-18-27(38)48-23(20-45-26(37)17-15-8-6-4-2)21-46-34-33(44)31(42)29(40)25(50-34)22-47-35-32(43)30(41)28(39)24(19-36)49-35/h23-25,28-36,39-44H,3-22H2,1-2H3/t23-,24-,25-,28+,29+,30+,31+,32-,33-,34-,35+/m1/s1. The molecule has 0 spiro atoms. The van der Waals surface area contributed by atoms with Crippen molar-refractivity contribution in [3.63, 3.8) is 0 Å². The Morgan fingerprint density at radius 3 is 1.58 bits per heavy atom. The smallest absolute Gasteiger partial charge is 0.306 e. The van der Waals surface area contributed by atoms with Crippen LogP contribution >= 0.6 is 0 Å². The average molecular weight is 725 g/mol. The van der Waals surface area contributed by atoms with Gasteiger partial charge in [-0.2, -0.15) is 0 Å². The van der Waals surface area contributed by atoms with Crippen molar-refractivity contribution in [1.29, 1.82) is 0 Å². The highest BCUT2D eigenvalue weighted by molar-refractivity contribution is 5.70. The summed E-state index contributed by atoms with van der Waals surface area (Å²) in [5.41, 5.74) is 0. The van der Waals surface area contributed by atoms with Gasteiger partial charge in [-0.3, -0.25) is 9.59 Å². The van der Waals surface area contributed by atoms with E-state index in [4.69, 9.17) is 28.4 Å². The Labute approximate surface area is 296 Å².